The zero-order valence-corrected chi connectivity index (χ0v) is 16.6. The fourth-order valence-electron chi connectivity index (χ4n) is 2.29. The van der Waals surface area contributed by atoms with Crippen LogP contribution < -0.4 is 15.5 Å². The highest BCUT2D eigenvalue weighted by atomic mass is 32.2. The van der Waals surface area contributed by atoms with Crippen molar-refractivity contribution in [2.24, 2.45) is 7.05 Å². The molecule has 0 radical (unpaired) electrons. The van der Waals surface area contributed by atoms with Crippen LogP contribution in [0.1, 0.15) is 23.0 Å². The number of nitrogens with zero attached hydrogens (tertiary/aromatic N) is 3. The Balaban J connectivity index is 1.52. The van der Waals surface area contributed by atoms with Crippen molar-refractivity contribution in [1.82, 2.24) is 14.8 Å². The number of aryl methyl sites for hydroxylation is 1. The molecule has 0 bridgehead atoms. The van der Waals surface area contributed by atoms with E-state index in [9.17, 15) is 14.4 Å². The molecule has 1 amide bonds. The summed E-state index contributed by atoms with van der Waals surface area (Å²) in [5, 5.41) is 11.0. The van der Waals surface area contributed by atoms with Crippen LogP contribution in [0.3, 0.4) is 0 Å². The molecule has 10 heteroatoms. The van der Waals surface area contributed by atoms with Gasteiger partial charge < -0.3 is 19.0 Å². The first-order valence-corrected chi connectivity index (χ1v) is 9.53. The normalized spacial score (nSPS) is 10.6. The summed E-state index contributed by atoms with van der Waals surface area (Å²) < 4.78 is 12.4. The van der Waals surface area contributed by atoms with Crippen molar-refractivity contribution in [3.05, 3.63) is 64.5 Å². The van der Waals surface area contributed by atoms with E-state index in [0.717, 1.165) is 0 Å². The van der Waals surface area contributed by atoms with Gasteiger partial charge in [-0.05, 0) is 31.2 Å². The number of rotatable bonds is 8. The molecule has 29 heavy (non-hydrogen) atoms. The van der Waals surface area contributed by atoms with E-state index in [0.29, 0.717) is 27.9 Å². The van der Waals surface area contributed by atoms with Gasteiger partial charge in [-0.15, -0.1) is 10.2 Å². The molecule has 0 aliphatic heterocycles. The zero-order valence-electron chi connectivity index (χ0n) is 15.7. The number of nitrogens with one attached hydrogen (secondary N) is 1. The van der Waals surface area contributed by atoms with Crippen LogP contribution >= 0.6 is 11.8 Å². The zero-order chi connectivity index (χ0) is 20.8. The Kier molecular flexibility index (Phi) is 6.45. The molecule has 0 saturated heterocycles. The van der Waals surface area contributed by atoms with Crippen LogP contribution in [0.15, 0.2) is 57.3 Å². The molecule has 0 aliphatic rings. The second-order valence-corrected chi connectivity index (χ2v) is 7.00. The second-order valence-electron chi connectivity index (χ2n) is 6.06. The summed E-state index contributed by atoms with van der Waals surface area (Å²) in [7, 11) is 1.82. The average Bonchev–Trinajstić information content (AvgIpc) is 3.11. The van der Waals surface area contributed by atoms with Crippen LogP contribution in [0.5, 0.6) is 5.75 Å². The lowest BCUT2D eigenvalue weighted by molar-refractivity contribution is -0.118. The molecule has 0 fully saturated rings. The molecule has 0 atom stereocenters. The molecule has 0 spiro atoms. The van der Waals surface area contributed by atoms with Gasteiger partial charge in [0.1, 0.15) is 18.4 Å². The minimum Gasteiger partial charge on any atom is -0.477 e. The molecule has 2 aromatic heterocycles. The first kappa shape index (κ1) is 20.3. The third kappa shape index (κ3) is 5.55. The summed E-state index contributed by atoms with van der Waals surface area (Å²) in [6.45, 7) is 1.11. The smallest absolute Gasteiger partial charge is 0.262 e. The van der Waals surface area contributed by atoms with E-state index < -0.39 is 5.91 Å². The van der Waals surface area contributed by atoms with Crippen molar-refractivity contribution in [2.45, 2.75) is 17.8 Å². The first-order chi connectivity index (χ1) is 13.9. The number of ether oxygens (including phenoxy) is 1. The number of carbonyl (C=O) groups excluding carboxylic acids is 2. The van der Waals surface area contributed by atoms with Gasteiger partial charge in [0.2, 0.25) is 11.2 Å². The lowest BCUT2D eigenvalue weighted by Gasteiger charge is -2.08. The molecule has 3 aromatic rings. The van der Waals surface area contributed by atoms with E-state index in [2.05, 4.69) is 15.5 Å². The minimum atomic E-state index is -0.443. The molecule has 1 N–H and O–H groups in total. The summed E-state index contributed by atoms with van der Waals surface area (Å²) in [6, 6.07) is 7.78. The maximum atomic E-state index is 12.1. The predicted molar refractivity (Wildman–Crippen MR) is 106 cm³/mol. The topological polar surface area (TPSA) is 116 Å². The fraction of sp³-hybridized carbons (Fsp3) is 0.211. The first-order valence-electron chi connectivity index (χ1n) is 8.54. The number of amides is 1. The summed E-state index contributed by atoms with van der Waals surface area (Å²) in [4.78, 5) is 35.4. The summed E-state index contributed by atoms with van der Waals surface area (Å²) in [5.41, 5.74) is 0.685. The largest absolute Gasteiger partial charge is 0.477 e. The number of ketones is 1. The highest BCUT2D eigenvalue weighted by Crippen LogP contribution is 2.20. The third-order valence-electron chi connectivity index (χ3n) is 3.80. The van der Waals surface area contributed by atoms with Gasteiger partial charge >= 0.3 is 0 Å². The molecular weight excluding hydrogens is 396 g/mol. The molecule has 1 aromatic carbocycles. The van der Waals surface area contributed by atoms with Crippen LogP contribution in [0.25, 0.3) is 0 Å². The van der Waals surface area contributed by atoms with Crippen molar-refractivity contribution >= 4 is 29.1 Å². The lowest BCUT2D eigenvalue weighted by atomic mass is 10.1. The molecule has 3 rings (SSSR count). The Bertz CT molecular complexity index is 1070. The number of benzene rings is 1. The van der Waals surface area contributed by atoms with E-state index in [1.54, 1.807) is 35.2 Å². The van der Waals surface area contributed by atoms with Crippen molar-refractivity contribution < 1.29 is 18.7 Å². The van der Waals surface area contributed by atoms with Crippen LogP contribution in [-0.4, -0.2) is 33.1 Å². The molecular formula is C19H18N4O5S. The van der Waals surface area contributed by atoms with Crippen LogP contribution in [0, 0.1) is 0 Å². The highest BCUT2D eigenvalue weighted by Gasteiger charge is 2.10. The standard InChI is InChI=1S/C19H18N4O5S/c1-12(24)13-3-5-14(6-4-13)21-18(26)9-28-17-8-27-15(7-16(17)25)10-29-19-22-20-11-23(19)2/h3-8,11H,9-10H2,1-2H3,(H,21,26). The monoisotopic (exact) mass is 414 g/mol. The number of hydrogen-bond donors (Lipinski definition) is 1. The summed E-state index contributed by atoms with van der Waals surface area (Å²) in [5.74, 6) is 0.293. The molecule has 2 heterocycles. The van der Waals surface area contributed by atoms with Crippen LogP contribution in [0.4, 0.5) is 5.69 Å². The van der Waals surface area contributed by atoms with Gasteiger partial charge in [0.15, 0.2) is 17.5 Å². The van der Waals surface area contributed by atoms with Crippen molar-refractivity contribution in [3.63, 3.8) is 0 Å². The molecule has 0 unspecified atom stereocenters. The van der Waals surface area contributed by atoms with E-state index in [1.807, 2.05) is 7.05 Å². The SMILES string of the molecule is CC(=O)c1ccc(NC(=O)COc2coc(CSc3nncn3C)cc2=O)cc1. The molecule has 0 aliphatic carbocycles. The van der Waals surface area contributed by atoms with Crippen molar-refractivity contribution in [3.8, 4) is 5.75 Å². The fourth-order valence-corrected chi connectivity index (χ4v) is 3.07. The summed E-state index contributed by atoms with van der Waals surface area (Å²) in [6.07, 6.45) is 2.77. The van der Waals surface area contributed by atoms with E-state index in [1.165, 1.54) is 31.0 Å². The number of aromatic nitrogens is 3. The van der Waals surface area contributed by atoms with Crippen molar-refractivity contribution in [2.75, 3.05) is 11.9 Å². The summed E-state index contributed by atoms with van der Waals surface area (Å²) >= 11 is 1.37. The van der Waals surface area contributed by atoms with Gasteiger partial charge in [0.25, 0.3) is 5.91 Å². The number of carbonyl (C=O) groups is 2. The predicted octanol–water partition coefficient (Wildman–Crippen LogP) is 2.28. The molecule has 0 saturated carbocycles. The molecule has 150 valence electrons. The quantitative estimate of drug-likeness (QED) is 0.441. The van der Waals surface area contributed by atoms with Gasteiger partial charge in [-0.3, -0.25) is 14.4 Å². The van der Waals surface area contributed by atoms with Gasteiger partial charge in [-0.25, -0.2) is 0 Å². The number of thioether (sulfide) groups is 1. The highest BCUT2D eigenvalue weighted by molar-refractivity contribution is 7.98. The Morgan fingerprint density at radius 2 is 2.03 bits per heavy atom. The number of Topliss-reactive ketones (excluding diaryl/α,β-unsaturated/α-hetero) is 1. The van der Waals surface area contributed by atoms with E-state index in [4.69, 9.17) is 9.15 Å². The minimum absolute atomic E-state index is 0.0560. The molecule has 9 nitrogen and oxygen atoms in total. The number of hydrogen-bond acceptors (Lipinski definition) is 8. The van der Waals surface area contributed by atoms with E-state index in [-0.39, 0.29) is 23.6 Å². The maximum Gasteiger partial charge on any atom is 0.262 e. The Hall–Kier alpha value is -3.40. The van der Waals surface area contributed by atoms with Gasteiger partial charge in [0.05, 0.1) is 5.75 Å². The van der Waals surface area contributed by atoms with Crippen LogP contribution in [0.2, 0.25) is 0 Å². The Morgan fingerprint density at radius 3 is 2.66 bits per heavy atom. The Morgan fingerprint density at radius 1 is 1.28 bits per heavy atom. The number of anilines is 1. The van der Waals surface area contributed by atoms with Gasteiger partial charge in [-0.1, -0.05) is 11.8 Å². The maximum absolute atomic E-state index is 12.1. The second kappa shape index (κ2) is 9.20. The average molecular weight is 414 g/mol. The van der Waals surface area contributed by atoms with Crippen molar-refractivity contribution in [1.29, 1.82) is 0 Å². The third-order valence-corrected chi connectivity index (χ3v) is 4.86. The Labute approximate surface area is 170 Å². The lowest BCUT2D eigenvalue weighted by Crippen LogP contribution is -2.22. The van der Waals surface area contributed by atoms with Gasteiger partial charge in [0, 0.05) is 24.4 Å². The van der Waals surface area contributed by atoms with Gasteiger partial charge in [-0.2, -0.15) is 0 Å². The van der Waals surface area contributed by atoms with E-state index >= 15 is 0 Å². The van der Waals surface area contributed by atoms with Crippen LogP contribution in [-0.2, 0) is 17.6 Å².